The maximum atomic E-state index is 12.6. The van der Waals surface area contributed by atoms with Gasteiger partial charge >= 0.3 is 0 Å². The number of aromatic amines is 1. The lowest BCUT2D eigenvalue weighted by Crippen LogP contribution is -2.34. The van der Waals surface area contributed by atoms with Crippen LogP contribution in [0.5, 0.6) is 0 Å². The third kappa shape index (κ3) is 3.70. The van der Waals surface area contributed by atoms with E-state index in [9.17, 15) is 9.59 Å². The number of nitrogens with one attached hydrogen (secondary N) is 1. The van der Waals surface area contributed by atoms with Gasteiger partial charge in [-0.3, -0.25) is 9.59 Å². The minimum atomic E-state index is -0.0249. The summed E-state index contributed by atoms with van der Waals surface area (Å²) in [5, 5.41) is 0.795. The van der Waals surface area contributed by atoms with Crippen molar-refractivity contribution in [3.8, 4) is 0 Å². The SMILES string of the molecule is O=C(CCc1nc2sc3c(c2c(=O)[nH]1)CCCC3)N1CCCCCCC1. The van der Waals surface area contributed by atoms with Gasteiger partial charge in [-0.1, -0.05) is 19.3 Å². The second-order valence-corrected chi connectivity index (χ2v) is 8.64. The molecule has 140 valence electrons. The van der Waals surface area contributed by atoms with Crippen molar-refractivity contribution < 1.29 is 4.79 Å². The van der Waals surface area contributed by atoms with Crippen LogP contribution in [0.4, 0.5) is 0 Å². The van der Waals surface area contributed by atoms with Gasteiger partial charge in [0.1, 0.15) is 10.7 Å². The summed E-state index contributed by atoms with van der Waals surface area (Å²) in [5.41, 5.74) is 1.19. The van der Waals surface area contributed by atoms with E-state index in [0.29, 0.717) is 18.7 Å². The predicted octanol–water partition coefficient (Wildman–Crippen LogP) is 3.59. The van der Waals surface area contributed by atoms with Crippen molar-refractivity contribution in [2.75, 3.05) is 13.1 Å². The lowest BCUT2D eigenvalue weighted by molar-refractivity contribution is -0.131. The van der Waals surface area contributed by atoms with E-state index in [4.69, 9.17) is 0 Å². The van der Waals surface area contributed by atoms with Crippen LogP contribution in [0.2, 0.25) is 0 Å². The molecule has 1 amide bonds. The minimum Gasteiger partial charge on any atom is -0.343 e. The summed E-state index contributed by atoms with van der Waals surface area (Å²) in [6.45, 7) is 1.75. The quantitative estimate of drug-likeness (QED) is 0.894. The number of fused-ring (bicyclic) bond motifs is 3. The number of likely N-dealkylation sites (tertiary alicyclic amines) is 1. The maximum Gasteiger partial charge on any atom is 0.259 e. The molecule has 2 aliphatic rings. The molecule has 0 atom stereocenters. The van der Waals surface area contributed by atoms with Gasteiger partial charge in [0.15, 0.2) is 0 Å². The van der Waals surface area contributed by atoms with Crippen LogP contribution in [0, 0.1) is 0 Å². The zero-order valence-corrected chi connectivity index (χ0v) is 16.1. The Hall–Kier alpha value is -1.69. The highest BCUT2D eigenvalue weighted by atomic mass is 32.1. The molecule has 0 bridgehead atoms. The lowest BCUT2D eigenvalue weighted by Gasteiger charge is -2.24. The first-order valence-corrected chi connectivity index (χ1v) is 10.9. The Morgan fingerprint density at radius 3 is 2.58 bits per heavy atom. The van der Waals surface area contributed by atoms with E-state index < -0.39 is 0 Å². The van der Waals surface area contributed by atoms with Crippen molar-refractivity contribution in [2.45, 2.75) is 70.6 Å². The standard InChI is InChI=1S/C20H27N3O2S/c24-17(23-12-6-2-1-3-7-13-23)11-10-16-21-19(25)18-14-8-4-5-9-15(14)26-20(18)22-16/h1-13H2,(H,21,22,25). The first-order chi connectivity index (χ1) is 12.7. The zero-order valence-electron chi connectivity index (χ0n) is 15.3. The molecule has 6 heteroatoms. The Morgan fingerprint density at radius 2 is 1.77 bits per heavy atom. The van der Waals surface area contributed by atoms with Gasteiger partial charge in [0.05, 0.1) is 5.39 Å². The van der Waals surface area contributed by atoms with Crippen LogP contribution in [0.25, 0.3) is 10.2 Å². The molecule has 1 N–H and O–H groups in total. The molecule has 3 heterocycles. The van der Waals surface area contributed by atoms with E-state index in [0.717, 1.165) is 55.4 Å². The summed E-state index contributed by atoms with van der Waals surface area (Å²) < 4.78 is 0. The number of thiophene rings is 1. The van der Waals surface area contributed by atoms with Gasteiger partial charge in [0, 0.05) is 30.8 Å². The van der Waals surface area contributed by atoms with E-state index in [1.54, 1.807) is 11.3 Å². The van der Waals surface area contributed by atoms with E-state index in [2.05, 4.69) is 9.97 Å². The summed E-state index contributed by atoms with van der Waals surface area (Å²) in [4.78, 5) is 36.9. The van der Waals surface area contributed by atoms with Gasteiger partial charge in [0.2, 0.25) is 5.91 Å². The number of aromatic nitrogens is 2. The number of rotatable bonds is 3. The molecular weight excluding hydrogens is 346 g/mol. The van der Waals surface area contributed by atoms with Gasteiger partial charge in [0.25, 0.3) is 5.56 Å². The Labute approximate surface area is 157 Å². The number of hydrogen-bond donors (Lipinski definition) is 1. The van der Waals surface area contributed by atoms with E-state index in [1.807, 2.05) is 4.90 Å². The van der Waals surface area contributed by atoms with E-state index in [1.165, 1.54) is 36.1 Å². The molecule has 4 rings (SSSR count). The van der Waals surface area contributed by atoms with E-state index in [-0.39, 0.29) is 11.5 Å². The number of carbonyl (C=O) groups excluding carboxylic acids is 1. The van der Waals surface area contributed by atoms with Crippen LogP contribution in [0.1, 0.15) is 67.6 Å². The molecule has 26 heavy (non-hydrogen) atoms. The van der Waals surface area contributed by atoms with Gasteiger partial charge in [-0.2, -0.15) is 0 Å². The van der Waals surface area contributed by atoms with Crippen molar-refractivity contribution in [2.24, 2.45) is 0 Å². The largest absolute Gasteiger partial charge is 0.343 e. The highest BCUT2D eigenvalue weighted by Gasteiger charge is 2.20. The molecule has 2 aromatic rings. The average Bonchev–Trinajstić information content (AvgIpc) is 2.98. The molecule has 0 radical (unpaired) electrons. The monoisotopic (exact) mass is 373 g/mol. The van der Waals surface area contributed by atoms with Crippen molar-refractivity contribution >= 4 is 27.5 Å². The number of carbonyl (C=O) groups is 1. The molecule has 1 aliphatic carbocycles. The summed E-state index contributed by atoms with van der Waals surface area (Å²) in [6, 6.07) is 0. The van der Waals surface area contributed by atoms with Gasteiger partial charge in [-0.15, -0.1) is 11.3 Å². The van der Waals surface area contributed by atoms with Gasteiger partial charge in [-0.25, -0.2) is 4.98 Å². The van der Waals surface area contributed by atoms with Crippen molar-refractivity contribution in [3.63, 3.8) is 0 Å². The van der Waals surface area contributed by atoms with Crippen molar-refractivity contribution in [1.82, 2.24) is 14.9 Å². The molecule has 1 saturated heterocycles. The third-order valence-electron chi connectivity index (χ3n) is 5.66. The highest BCUT2D eigenvalue weighted by Crippen LogP contribution is 2.33. The first kappa shape index (κ1) is 17.7. The third-order valence-corrected chi connectivity index (χ3v) is 6.84. The molecular formula is C20H27N3O2S. The molecule has 1 fully saturated rings. The van der Waals surface area contributed by atoms with Gasteiger partial charge in [-0.05, 0) is 44.1 Å². The molecule has 0 spiro atoms. The second kappa shape index (κ2) is 7.91. The Kier molecular flexibility index (Phi) is 5.38. The second-order valence-electron chi connectivity index (χ2n) is 7.55. The summed E-state index contributed by atoms with van der Waals surface area (Å²) >= 11 is 1.67. The number of aryl methyl sites for hydroxylation is 3. The average molecular weight is 374 g/mol. The Morgan fingerprint density at radius 1 is 1.04 bits per heavy atom. The zero-order chi connectivity index (χ0) is 17.9. The molecule has 0 aromatic carbocycles. The normalized spacial score (nSPS) is 18.4. The van der Waals surface area contributed by atoms with E-state index >= 15 is 0 Å². The van der Waals surface area contributed by atoms with Crippen LogP contribution in [-0.4, -0.2) is 33.9 Å². The van der Waals surface area contributed by atoms with Crippen LogP contribution in [0.15, 0.2) is 4.79 Å². The summed E-state index contributed by atoms with van der Waals surface area (Å²) in [7, 11) is 0. The predicted molar refractivity (Wildman–Crippen MR) is 105 cm³/mol. The molecule has 1 aliphatic heterocycles. The number of nitrogens with zero attached hydrogens (tertiary/aromatic N) is 2. The molecule has 0 saturated carbocycles. The Bertz CT molecular complexity index is 847. The fourth-order valence-corrected chi connectivity index (χ4v) is 5.49. The lowest BCUT2D eigenvalue weighted by atomic mass is 9.97. The first-order valence-electron chi connectivity index (χ1n) is 10.0. The Balaban J connectivity index is 1.47. The smallest absolute Gasteiger partial charge is 0.259 e. The fraction of sp³-hybridized carbons (Fsp3) is 0.650. The van der Waals surface area contributed by atoms with Gasteiger partial charge < -0.3 is 9.88 Å². The topological polar surface area (TPSA) is 66.1 Å². The highest BCUT2D eigenvalue weighted by molar-refractivity contribution is 7.18. The molecule has 2 aromatic heterocycles. The van der Waals surface area contributed by atoms with Crippen LogP contribution in [-0.2, 0) is 24.1 Å². The van der Waals surface area contributed by atoms with Crippen molar-refractivity contribution in [3.05, 3.63) is 26.6 Å². The number of hydrogen-bond acceptors (Lipinski definition) is 4. The maximum absolute atomic E-state index is 12.6. The summed E-state index contributed by atoms with van der Waals surface area (Å²) in [5.74, 6) is 0.849. The van der Waals surface area contributed by atoms with Crippen LogP contribution >= 0.6 is 11.3 Å². The molecule has 5 nitrogen and oxygen atoms in total. The molecule has 0 unspecified atom stereocenters. The summed E-state index contributed by atoms with van der Waals surface area (Å²) in [6.07, 6.45) is 11.3. The minimum absolute atomic E-state index is 0.0249. The number of amides is 1. The fourth-order valence-electron chi connectivity index (χ4n) is 4.21. The van der Waals surface area contributed by atoms with Crippen LogP contribution in [0.3, 0.4) is 0 Å². The number of H-pyrrole nitrogens is 1. The van der Waals surface area contributed by atoms with Crippen molar-refractivity contribution in [1.29, 1.82) is 0 Å². The van der Waals surface area contributed by atoms with Crippen LogP contribution < -0.4 is 5.56 Å².